The van der Waals surface area contributed by atoms with E-state index in [4.69, 9.17) is 10.5 Å². The second-order valence-corrected chi connectivity index (χ2v) is 5.59. The zero-order chi connectivity index (χ0) is 13.3. The summed E-state index contributed by atoms with van der Waals surface area (Å²) in [6, 6.07) is 1.79. The second-order valence-electron chi connectivity index (χ2n) is 4.67. The molecular formula is C12H16BrN3O2. The Hall–Kier alpha value is -1.14. The van der Waals surface area contributed by atoms with Gasteiger partial charge in [0.15, 0.2) is 17.7 Å². The minimum atomic E-state index is -0.557. The number of amides is 1. The summed E-state index contributed by atoms with van der Waals surface area (Å²) in [6.07, 6.45) is 1.06. The van der Waals surface area contributed by atoms with Crippen LogP contribution in [0.3, 0.4) is 0 Å². The number of nitrogens with two attached hydrogens (primary N) is 1. The fraction of sp³-hybridized carbons (Fsp3) is 0.500. The lowest BCUT2D eigenvalue weighted by atomic mass is 9.89. The van der Waals surface area contributed by atoms with Gasteiger partial charge in [0, 0.05) is 16.6 Å². The van der Waals surface area contributed by atoms with E-state index >= 15 is 0 Å². The molecule has 18 heavy (non-hydrogen) atoms. The molecule has 0 spiro atoms. The molecule has 5 nitrogen and oxygen atoms in total. The highest BCUT2D eigenvalue weighted by molar-refractivity contribution is 9.10. The average molecular weight is 314 g/mol. The number of ether oxygens (including phenoxy) is 1. The van der Waals surface area contributed by atoms with E-state index in [0.29, 0.717) is 18.1 Å². The molecule has 1 amide bonds. The molecule has 3 N–H and O–H groups in total. The summed E-state index contributed by atoms with van der Waals surface area (Å²) in [5, 5.41) is 2.76. The van der Waals surface area contributed by atoms with Crippen LogP contribution in [0.4, 0.5) is 5.82 Å². The first-order valence-corrected chi connectivity index (χ1v) is 6.65. The number of hydrogen-bond acceptors (Lipinski definition) is 4. The molecule has 0 saturated carbocycles. The lowest BCUT2D eigenvalue weighted by molar-refractivity contribution is -0.126. The number of rotatable bonds is 3. The minimum absolute atomic E-state index is 0.0165. The van der Waals surface area contributed by atoms with E-state index in [-0.39, 0.29) is 17.7 Å². The smallest absolute Gasteiger partial charge is 0.267 e. The molecule has 1 aliphatic heterocycles. The molecule has 2 atom stereocenters. The van der Waals surface area contributed by atoms with Gasteiger partial charge < -0.3 is 15.8 Å². The Labute approximate surface area is 114 Å². The zero-order valence-electron chi connectivity index (χ0n) is 10.3. The van der Waals surface area contributed by atoms with Crippen LogP contribution < -0.4 is 15.8 Å². The average Bonchev–Trinajstić information content (AvgIpc) is 2.31. The Morgan fingerprint density at radius 2 is 2.33 bits per heavy atom. The Bertz CT molecular complexity index is 465. The lowest BCUT2D eigenvalue weighted by Gasteiger charge is -2.32. The molecule has 0 radical (unpaired) electrons. The minimum Gasteiger partial charge on any atom is -0.476 e. The topological polar surface area (TPSA) is 77.2 Å². The summed E-state index contributed by atoms with van der Waals surface area (Å²) in [6.45, 7) is 4.47. The van der Waals surface area contributed by atoms with Gasteiger partial charge >= 0.3 is 0 Å². The van der Waals surface area contributed by atoms with E-state index in [0.717, 1.165) is 4.47 Å². The van der Waals surface area contributed by atoms with Crippen molar-refractivity contribution >= 4 is 27.7 Å². The molecule has 0 saturated heterocycles. The van der Waals surface area contributed by atoms with Crippen LogP contribution >= 0.6 is 15.9 Å². The summed E-state index contributed by atoms with van der Waals surface area (Å²) < 4.78 is 6.56. The molecule has 2 rings (SSSR count). The number of hydrogen-bond donors (Lipinski definition) is 2. The first kappa shape index (κ1) is 13.3. The van der Waals surface area contributed by atoms with Crippen LogP contribution in [0.1, 0.15) is 13.8 Å². The van der Waals surface area contributed by atoms with Crippen molar-refractivity contribution in [1.29, 1.82) is 0 Å². The highest BCUT2D eigenvalue weighted by Crippen LogP contribution is 2.33. The van der Waals surface area contributed by atoms with Gasteiger partial charge in [0.2, 0.25) is 0 Å². The lowest BCUT2D eigenvalue weighted by Crippen LogP contribution is -2.47. The monoisotopic (exact) mass is 313 g/mol. The van der Waals surface area contributed by atoms with Crippen molar-refractivity contribution in [2.75, 3.05) is 11.9 Å². The first-order valence-electron chi connectivity index (χ1n) is 5.86. The van der Waals surface area contributed by atoms with Crippen molar-refractivity contribution < 1.29 is 9.53 Å². The number of nitrogens with zero attached hydrogens (tertiary/aromatic N) is 1. The van der Waals surface area contributed by atoms with E-state index in [1.54, 1.807) is 12.3 Å². The quantitative estimate of drug-likeness (QED) is 0.891. The summed E-state index contributed by atoms with van der Waals surface area (Å²) >= 11 is 3.33. The highest BCUT2D eigenvalue weighted by atomic mass is 79.9. The predicted octanol–water partition coefficient (Wildman–Crippen LogP) is 1.77. The number of nitrogens with one attached hydrogen (secondary N) is 1. The molecule has 1 aromatic heterocycles. The first-order chi connectivity index (χ1) is 8.52. The van der Waals surface area contributed by atoms with Crippen LogP contribution in [0, 0.1) is 11.8 Å². The largest absolute Gasteiger partial charge is 0.476 e. The van der Waals surface area contributed by atoms with Gasteiger partial charge in [-0.15, -0.1) is 0 Å². The third kappa shape index (κ3) is 2.49. The number of aromatic nitrogens is 1. The van der Waals surface area contributed by atoms with Gasteiger partial charge in [-0.25, -0.2) is 4.98 Å². The van der Waals surface area contributed by atoms with Gasteiger partial charge in [-0.1, -0.05) is 13.8 Å². The van der Waals surface area contributed by atoms with Gasteiger partial charge in [-0.3, -0.25) is 4.79 Å². The van der Waals surface area contributed by atoms with Gasteiger partial charge in [-0.2, -0.15) is 0 Å². The summed E-state index contributed by atoms with van der Waals surface area (Å²) in [5.41, 5.74) is 5.73. The number of fused-ring (bicyclic) bond motifs is 1. The van der Waals surface area contributed by atoms with Crippen molar-refractivity contribution in [3.05, 3.63) is 16.7 Å². The van der Waals surface area contributed by atoms with Crippen molar-refractivity contribution in [1.82, 2.24) is 4.98 Å². The maximum Gasteiger partial charge on any atom is 0.267 e. The molecule has 1 aliphatic rings. The molecule has 0 fully saturated rings. The predicted molar refractivity (Wildman–Crippen MR) is 72.4 cm³/mol. The summed E-state index contributed by atoms with van der Waals surface area (Å²) in [4.78, 5) is 16.1. The van der Waals surface area contributed by atoms with Crippen LogP contribution in [-0.2, 0) is 4.79 Å². The zero-order valence-corrected chi connectivity index (χ0v) is 11.9. The number of carbonyl (C=O) groups excluding carboxylic acids is 1. The molecule has 0 aliphatic carbocycles. The van der Waals surface area contributed by atoms with Gasteiger partial charge in [0.1, 0.15) is 0 Å². The normalized spacial score (nSPS) is 20.1. The molecule has 6 heteroatoms. The Kier molecular flexibility index (Phi) is 3.87. The van der Waals surface area contributed by atoms with Crippen molar-refractivity contribution in [2.24, 2.45) is 17.6 Å². The van der Waals surface area contributed by atoms with Crippen molar-refractivity contribution in [3.63, 3.8) is 0 Å². The van der Waals surface area contributed by atoms with E-state index in [1.165, 1.54) is 0 Å². The molecule has 2 unspecified atom stereocenters. The van der Waals surface area contributed by atoms with Crippen LogP contribution in [0.5, 0.6) is 5.75 Å². The summed E-state index contributed by atoms with van der Waals surface area (Å²) in [7, 11) is 0. The SMILES string of the molecule is CC(C)C(CN)C1Oc2cc(Br)cnc2NC1=O. The Morgan fingerprint density at radius 1 is 1.61 bits per heavy atom. The van der Waals surface area contributed by atoms with Gasteiger partial charge in [0.05, 0.1) is 0 Å². The van der Waals surface area contributed by atoms with Crippen LogP contribution in [0.25, 0.3) is 0 Å². The number of anilines is 1. The maximum absolute atomic E-state index is 12.0. The van der Waals surface area contributed by atoms with E-state index in [9.17, 15) is 4.79 Å². The van der Waals surface area contributed by atoms with E-state index < -0.39 is 6.10 Å². The van der Waals surface area contributed by atoms with Gasteiger partial charge in [-0.05, 0) is 34.5 Å². The third-order valence-corrected chi connectivity index (χ3v) is 3.52. The molecule has 0 aromatic carbocycles. The van der Waals surface area contributed by atoms with E-state index in [2.05, 4.69) is 26.2 Å². The Morgan fingerprint density at radius 3 is 2.94 bits per heavy atom. The molecule has 0 bridgehead atoms. The second kappa shape index (κ2) is 5.24. The molecule has 98 valence electrons. The molecule has 1 aromatic rings. The number of carbonyl (C=O) groups is 1. The molecule has 2 heterocycles. The fourth-order valence-electron chi connectivity index (χ4n) is 2.01. The van der Waals surface area contributed by atoms with E-state index in [1.807, 2.05) is 13.8 Å². The van der Waals surface area contributed by atoms with Gasteiger partial charge in [0.25, 0.3) is 5.91 Å². The van der Waals surface area contributed by atoms with Crippen LogP contribution in [-0.4, -0.2) is 23.5 Å². The third-order valence-electron chi connectivity index (χ3n) is 3.09. The highest BCUT2D eigenvalue weighted by Gasteiger charge is 2.36. The number of pyridine rings is 1. The fourth-order valence-corrected chi connectivity index (χ4v) is 2.32. The maximum atomic E-state index is 12.0. The van der Waals surface area contributed by atoms with Crippen molar-refractivity contribution in [3.8, 4) is 5.75 Å². The van der Waals surface area contributed by atoms with Crippen LogP contribution in [0.2, 0.25) is 0 Å². The van der Waals surface area contributed by atoms with Crippen LogP contribution in [0.15, 0.2) is 16.7 Å². The van der Waals surface area contributed by atoms with Crippen molar-refractivity contribution in [2.45, 2.75) is 20.0 Å². The number of halogens is 1. The molecular weight excluding hydrogens is 298 g/mol. The Balaban J connectivity index is 2.29. The summed E-state index contributed by atoms with van der Waals surface area (Å²) in [5.74, 6) is 1.11. The standard InChI is InChI=1S/C12H16BrN3O2/c1-6(2)8(4-14)10-12(17)16-11-9(18-10)3-7(13)5-15-11/h3,5-6,8,10H,4,14H2,1-2H3,(H,15,16,17).